The van der Waals surface area contributed by atoms with E-state index in [0.29, 0.717) is 49.8 Å². The van der Waals surface area contributed by atoms with Crippen LogP contribution in [0.1, 0.15) is 18.4 Å². The molecule has 0 radical (unpaired) electrons. The fraction of sp³-hybridized carbons (Fsp3) is 0.294. The molecule has 7 rings (SSSR count). The molecule has 13 heteroatoms. The molecule has 2 aliphatic heterocycles. The first-order valence-corrected chi connectivity index (χ1v) is 15.5. The van der Waals surface area contributed by atoms with Crippen LogP contribution in [0.3, 0.4) is 0 Å². The van der Waals surface area contributed by atoms with Crippen molar-refractivity contribution in [1.82, 2.24) is 39.7 Å². The predicted molar refractivity (Wildman–Crippen MR) is 176 cm³/mol. The molecule has 1 atom stereocenters. The lowest BCUT2D eigenvalue weighted by Crippen LogP contribution is -2.48. The highest BCUT2D eigenvalue weighted by atomic mass is 16.5. The van der Waals surface area contributed by atoms with Gasteiger partial charge in [0.25, 0.3) is 5.91 Å². The van der Waals surface area contributed by atoms with Crippen LogP contribution in [0.4, 0.5) is 5.69 Å². The topological polar surface area (TPSA) is 154 Å². The highest BCUT2D eigenvalue weighted by Gasteiger charge is 2.45. The molecule has 5 heterocycles. The Hall–Kier alpha value is -5.40. The van der Waals surface area contributed by atoms with E-state index in [1.807, 2.05) is 41.1 Å². The molecule has 3 N–H and O–H groups in total. The van der Waals surface area contributed by atoms with Gasteiger partial charge in [0.2, 0.25) is 11.8 Å². The van der Waals surface area contributed by atoms with Gasteiger partial charge in [0, 0.05) is 74.8 Å². The predicted octanol–water partition coefficient (Wildman–Crippen LogP) is 3.47. The smallest absolute Gasteiger partial charge is 0.258 e. The Balaban J connectivity index is 0.960. The third kappa shape index (κ3) is 6.10. The lowest BCUT2D eigenvalue weighted by atomic mass is 9.98. The van der Waals surface area contributed by atoms with Crippen molar-refractivity contribution in [3.05, 3.63) is 78.8 Å². The van der Waals surface area contributed by atoms with Crippen molar-refractivity contribution < 1.29 is 19.4 Å². The van der Waals surface area contributed by atoms with Gasteiger partial charge in [-0.3, -0.25) is 24.3 Å². The number of H-pyrrole nitrogens is 1. The monoisotopic (exact) mass is 633 g/mol. The molecule has 2 aromatic carbocycles. The number of amides is 2. The molecule has 1 fully saturated rings. The average molecular weight is 634 g/mol. The van der Waals surface area contributed by atoms with Crippen molar-refractivity contribution >= 4 is 34.0 Å². The van der Waals surface area contributed by atoms with E-state index in [2.05, 4.69) is 48.8 Å². The summed E-state index contributed by atoms with van der Waals surface area (Å²) in [4.78, 5) is 39.0. The Morgan fingerprint density at radius 3 is 2.55 bits per heavy atom. The number of carbonyl (C=O) groups excluding carboxylic acids is 2. The van der Waals surface area contributed by atoms with E-state index in [4.69, 9.17) is 4.74 Å². The van der Waals surface area contributed by atoms with Crippen LogP contribution in [0.25, 0.3) is 39.1 Å². The molecule has 1 unspecified atom stereocenters. The Kier molecular flexibility index (Phi) is 8.00. The maximum Gasteiger partial charge on any atom is 0.258 e. The summed E-state index contributed by atoms with van der Waals surface area (Å²) in [5, 5.41) is 25.1. The second-order valence-corrected chi connectivity index (χ2v) is 12.0. The molecule has 3 aromatic heterocycles. The molecule has 47 heavy (non-hydrogen) atoms. The number of aromatic hydroxyl groups is 1. The molecule has 0 aliphatic carbocycles. The molecule has 0 spiro atoms. The van der Waals surface area contributed by atoms with Gasteiger partial charge in [-0.1, -0.05) is 30.3 Å². The number of nitrogens with zero attached hydrogens (tertiary/aromatic N) is 7. The zero-order valence-electron chi connectivity index (χ0n) is 26.2. The number of benzene rings is 2. The van der Waals surface area contributed by atoms with E-state index in [0.717, 1.165) is 34.0 Å². The van der Waals surface area contributed by atoms with Crippen molar-refractivity contribution in [1.29, 1.82) is 0 Å². The van der Waals surface area contributed by atoms with Gasteiger partial charge in [-0.2, -0.15) is 10.2 Å². The number of likely N-dealkylation sites (tertiary alicyclic amines) is 1. The Morgan fingerprint density at radius 2 is 1.85 bits per heavy atom. The molecule has 0 bridgehead atoms. The maximum atomic E-state index is 13.6. The zero-order chi connectivity index (χ0) is 32.5. The molecule has 2 aliphatic rings. The van der Waals surface area contributed by atoms with Crippen molar-refractivity contribution in [2.24, 2.45) is 7.05 Å². The van der Waals surface area contributed by atoms with Crippen LogP contribution in [0.15, 0.2) is 73.2 Å². The second-order valence-electron chi connectivity index (χ2n) is 12.0. The Morgan fingerprint density at radius 1 is 1.04 bits per heavy atom. The van der Waals surface area contributed by atoms with Gasteiger partial charge < -0.3 is 20.1 Å². The molecular weight excluding hydrogens is 598 g/mol. The van der Waals surface area contributed by atoms with E-state index in [1.165, 1.54) is 18.7 Å². The Bertz CT molecular complexity index is 1970. The first kappa shape index (κ1) is 30.3. The third-order valence-electron chi connectivity index (χ3n) is 8.99. The van der Waals surface area contributed by atoms with E-state index < -0.39 is 5.60 Å². The summed E-state index contributed by atoms with van der Waals surface area (Å²) < 4.78 is 7.50. The van der Waals surface area contributed by atoms with Crippen LogP contribution in [-0.2, 0) is 21.4 Å². The minimum Gasteiger partial charge on any atom is -0.493 e. The molecule has 1 saturated heterocycles. The number of aromatic amines is 1. The normalized spacial score (nSPS) is 18.4. The summed E-state index contributed by atoms with van der Waals surface area (Å²) in [6, 6.07) is 16.9. The summed E-state index contributed by atoms with van der Waals surface area (Å²) in [6.07, 6.45) is 6.58. The number of pyridine rings is 1. The van der Waals surface area contributed by atoms with Crippen LogP contribution in [0.5, 0.6) is 5.88 Å². The van der Waals surface area contributed by atoms with Gasteiger partial charge in [0.1, 0.15) is 12.0 Å². The van der Waals surface area contributed by atoms with Crippen LogP contribution in [0, 0.1) is 0 Å². The molecule has 5 aromatic rings. The summed E-state index contributed by atoms with van der Waals surface area (Å²) in [5.74, 6) is 0.393. The van der Waals surface area contributed by atoms with Crippen molar-refractivity contribution in [2.75, 3.05) is 45.2 Å². The number of aryl methyl sites for hydroxylation is 1. The third-order valence-corrected chi connectivity index (χ3v) is 8.99. The van der Waals surface area contributed by atoms with Crippen LogP contribution in [-0.4, -0.2) is 102 Å². The molecule has 13 nitrogen and oxygen atoms in total. The van der Waals surface area contributed by atoms with Gasteiger partial charge in [-0.15, -0.1) is 0 Å². The second kappa shape index (κ2) is 12.4. The summed E-state index contributed by atoms with van der Waals surface area (Å²) in [5.41, 5.74) is 5.02. The molecule has 2 amide bonds. The number of anilines is 1. The number of fused-ring (bicyclic) bond motifs is 1. The fourth-order valence-electron chi connectivity index (χ4n) is 6.27. The lowest BCUT2D eigenvalue weighted by Gasteiger charge is -2.30. The van der Waals surface area contributed by atoms with Gasteiger partial charge in [0.15, 0.2) is 11.4 Å². The van der Waals surface area contributed by atoms with E-state index >= 15 is 0 Å². The maximum absolute atomic E-state index is 13.6. The van der Waals surface area contributed by atoms with E-state index in [1.54, 1.807) is 29.3 Å². The zero-order valence-corrected chi connectivity index (χ0v) is 26.2. The first-order valence-electron chi connectivity index (χ1n) is 15.5. The Labute approximate surface area is 270 Å². The van der Waals surface area contributed by atoms with Crippen LogP contribution >= 0.6 is 0 Å². The van der Waals surface area contributed by atoms with E-state index in [9.17, 15) is 14.7 Å². The number of nitrogens with one attached hydrogen (secondary N) is 2. The molecular formula is C34H35N9O4. The largest absolute Gasteiger partial charge is 0.493 e. The number of aromatic nitrogens is 6. The van der Waals surface area contributed by atoms with E-state index in [-0.39, 0.29) is 24.2 Å². The number of carbonyl (C=O) groups is 2. The number of hydrogen-bond donors (Lipinski definition) is 3. The quantitative estimate of drug-likeness (QED) is 0.233. The summed E-state index contributed by atoms with van der Waals surface area (Å²) in [6.45, 7) is 2.28. The van der Waals surface area contributed by atoms with Crippen molar-refractivity contribution in [3.63, 3.8) is 0 Å². The number of hydrogen-bond acceptors (Lipinski definition) is 9. The van der Waals surface area contributed by atoms with Crippen LogP contribution < -0.4 is 5.32 Å². The SMILES string of the molecule is COC1(C(=O)Nc2ccc3[nH]nc(-c4ccc(O)nc4)c3c2)CCN(CC(=O)N2CC=C(c3ccc(-c4ncn(C)n4)cc3)CC2)C1. The summed E-state index contributed by atoms with van der Waals surface area (Å²) >= 11 is 0. The van der Waals surface area contributed by atoms with Crippen molar-refractivity contribution in [2.45, 2.75) is 18.4 Å². The minimum absolute atomic E-state index is 0.0332. The number of ether oxygens (including phenoxy) is 1. The standard InChI is InChI=1S/C34H35N9O4/c1-41-21-36-32(40-41)24-5-3-22(4-6-24)23-11-14-43(15-12-23)30(45)19-42-16-13-34(20-42,47-2)33(46)37-26-8-9-28-27(17-26)31(39-38-28)25-7-10-29(44)35-18-25/h3-11,17-18,21H,12-16,19-20H2,1-2H3,(H,35,44)(H,37,46)(H,38,39). The van der Waals surface area contributed by atoms with Crippen molar-refractivity contribution in [3.8, 4) is 28.5 Å². The molecule has 0 saturated carbocycles. The minimum atomic E-state index is -1.08. The fourth-order valence-corrected chi connectivity index (χ4v) is 6.27. The van der Waals surface area contributed by atoms with Gasteiger partial charge in [0.05, 0.1) is 12.1 Å². The van der Waals surface area contributed by atoms with Crippen LogP contribution in [0.2, 0.25) is 0 Å². The highest BCUT2D eigenvalue weighted by Crippen LogP contribution is 2.31. The van der Waals surface area contributed by atoms with Gasteiger partial charge >= 0.3 is 0 Å². The number of methoxy groups -OCH3 is 1. The number of rotatable bonds is 8. The highest BCUT2D eigenvalue weighted by molar-refractivity contribution is 6.01. The average Bonchev–Trinajstić information content (AvgIpc) is 3.84. The molecule has 240 valence electrons. The first-order chi connectivity index (χ1) is 22.8. The van der Waals surface area contributed by atoms with Gasteiger partial charge in [-0.25, -0.2) is 9.97 Å². The van der Waals surface area contributed by atoms with Gasteiger partial charge in [-0.05, 0) is 48.2 Å². The summed E-state index contributed by atoms with van der Waals surface area (Å²) in [7, 11) is 3.38. The lowest BCUT2D eigenvalue weighted by molar-refractivity contribution is -0.138.